The molecule has 0 N–H and O–H groups in total. The zero-order valence-corrected chi connectivity index (χ0v) is 11.0. The molecule has 1 aromatic heterocycles. The van der Waals surface area contributed by atoms with Crippen molar-refractivity contribution in [2.45, 2.75) is 25.4 Å². The molecule has 0 aliphatic heterocycles. The number of aromatic nitrogens is 2. The molecule has 1 aliphatic rings. The number of hydrogen-bond donors (Lipinski definition) is 0. The summed E-state index contributed by atoms with van der Waals surface area (Å²) in [5.41, 5.74) is -2.14. The summed E-state index contributed by atoms with van der Waals surface area (Å²) in [6, 6.07) is 2.48. The molecule has 116 valence electrons. The van der Waals surface area contributed by atoms with Crippen LogP contribution < -0.4 is 0 Å². The van der Waals surface area contributed by atoms with Gasteiger partial charge in [-0.25, -0.2) is 13.5 Å². The number of carbonyl (C=O) groups excluding carboxylic acids is 1. The van der Waals surface area contributed by atoms with Gasteiger partial charge in [-0.1, -0.05) is 0 Å². The fraction of sp³-hybridized carbons (Fsp3) is 0.286. The number of halogens is 5. The van der Waals surface area contributed by atoms with Crippen LogP contribution in [0.25, 0.3) is 5.69 Å². The second-order valence-corrected chi connectivity index (χ2v) is 4.95. The van der Waals surface area contributed by atoms with E-state index < -0.39 is 34.9 Å². The van der Waals surface area contributed by atoms with Crippen LogP contribution in [0, 0.1) is 11.6 Å². The molecule has 3 rings (SSSR count). The van der Waals surface area contributed by atoms with E-state index in [1.54, 1.807) is 0 Å². The fourth-order valence-corrected chi connectivity index (χ4v) is 2.57. The average Bonchev–Trinajstić information content (AvgIpc) is 2.80. The third kappa shape index (κ3) is 2.28. The van der Waals surface area contributed by atoms with Crippen LogP contribution in [0.2, 0.25) is 0 Å². The molecular weight excluding hydrogens is 307 g/mol. The summed E-state index contributed by atoms with van der Waals surface area (Å²) in [5, 5.41) is 3.38. The van der Waals surface area contributed by atoms with Crippen molar-refractivity contribution in [3.05, 3.63) is 46.8 Å². The van der Waals surface area contributed by atoms with Gasteiger partial charge < -0.3 is 0 Å². The van der Waals surface area contributed by atoms with Crippen LogP contribution in [0.1, 0.15) is 34.6 Å². The maximum Gasteiger partial charge on any atom is 0.435 e. The summed E-state index contributed by atoms with van der Waals surface area (Å²) in [7, 11) is 0. The van der Waals surface area contributed by atoms with Gasteiger partial charge in [-0.05, 0) is 25.0 Å². The summed E-state index contributed by atoms with van der Waals surface area (Å²) in [6.07, 6.45) is -4.30. The SMILES string of the molecule is O=C1CCCc2c1c(C(F)(F)F)nn2-c1ccc(F)cc1F. The molecule has 0 unspecified atom stereocenters. The van der Waals surface area contributed by atoms with Crippen molar-refractivity contribution in [3.8, 4) is 5.69 Å². The zero-order valence-electron chi connectivity index (χ0n) is 11.0. The molecule has 0 amide bonds. The zero-order chi connectivity index (χ0) is 16.1. The first-order valence-corrected chi connectivity index (χ1v) is 6.46. The highest BCUT2D eigenvalue weighted by atomic mass is 19.4. The van der Waals surface area contributed by atoms with E-state index in [2.05, 4.69) is 5.10 Å². The Bertz CT molecular complexity index is 763. The topological polar surface area (TPSA) is 34.9 Å². The molecule has 2 aromatic rings. The monoisotopic (exact) mass is 316 g/mol. The molecule has 0 saturated carbocycles. The first kappa shape index (κ1) is 14.7. The van der Waals surface area contributed by atoms with E-state index in [9.17, 15) is 26.7 Å². The van der Waals surface area contributed by atoms with Crippen molar-refractivity contribution in [1.29, 1.82) is 0 Å². The number of fused-ring (bicyclic) bond motifs is 1. The van der Waals surface area contributed by atoms with Crippen molar-refractivity contribution in [2.75, 3.05) is 0 Å². The highest BCUT2D eigenvalue weighted by molar-refractivity contribution is 5.99. The molecule has 0 fully saturated rings. The van der Waals surface area contributed by atoms with Gasteiger partial charge in [-0.2, -0.15) is 18.3 Å². The highest BCUT2D eigenvalue weighted by Gasteiger charge is 2.42. The second-order valence-electron chi connectivity index (χ2n) is 4.95. The predicted octanol–water partition coefficient (Wildman–Crippen LogP) is 3.69. The molecular formula is C14H9F5N2O. The van der Waals surface area contributed by atoms with E-state index in [0.29, 0.717) is 12.5 Å². The minimum atomic E-state index is -4.82. The van der Waals surface area contributed by atoms with Crippen LogP contribution in [0.3, 0.4) is 0 Å². The van der Waals surface area contributed by atoms with E-state index in [1.807, 2.05) is 0 Å². The van der Waals surface area contributed by atoms with Gasteiger partial charge in [0.15, 0.2) is 17.3 Å². The minimum absolute atomic E-state index is 0.00628. The number of alkyl halides is 3. The first-order chi connectivity index (χ1) is 10.3. The van der Waals surface area contributed by atoms with E-state index in [1.165, 1.54) is 0 Å². The van der Waals surface area contributed by atoms with Gasteiger partial charge in [0.05, 0.1) is 11.3 Å². The number of carbonyl (C=O) groups is 1. The second kappa shape index (κ2) is 4.89. The Morgan fingerprint density at radius 2 is 1.86 bits per heavy atom. The lowest BCUT2D eigenvalue weighted by molar-refractivity contribution is -0.141. The summed E-state index contributed by atoms with van der Waals surface area (Å²) >= 11 is 0. The van der Waals surface area contributed by atoms with Crippen molar-refractivity contribution in [3.63, 3.8) is 0 Å². The summed E-state index contributed by atoms with van der Waals surface area (Å²) in [4.78, 5) is 11.8. The minimum Gasteiger partial charge on any atom is -0.294 e. The van der Waals surface area contributed by atoms with Gasteiger partial charge in [-0.3, -0.25) is 4.79 Å². The average molecular weight is 316 g/mol. The van der Waals surface area contributed by atoms with Crippen LogP contribution in [-0.4, -0.2) is 15.6 Å². The smallest absolute Gasteiger partial charge is 0.294 e. The number of hydrogen-bond acceptors (Lipinski definition) is 2. The van der Waals surface area contributed by atoms with E-state index in [-0.39, 0.29) is 24.2 Å². The predicted molar refractivity (Wildman–Crippen MR) is 65.8 cm³/mol. The van der Waals surface area contributed by atoms with E-state index in [4.69, 9.17) is 0 Å². The van der Waals surface area contributed by atoms with Crippen molar-refractivity contribution in [1.82, 2.24) is 9.78 Å². The van der Waals surface area contributed by atoms with Crippen LogP contribution in [0.5, 0.6) is 0 Å². The number of nitrogens with zero attached hydrogens (tertiary/aromatic N) is 2. The Kier molecular flexibility index (Phi) is 3.26. The maximum atomic E-state index is 13.8. The van der Waals surface area contributed by atoms with Gasteiger partial charge >= 0.3 is 6.18 Å². The van der Waals surface area contributed by atoms with Gasteiger partial charge in [0.25, 0.3) is 0 Å². The van der Waals surface area contributed by atoms with Crippen molar-refractivity contribution >= 4 is 5.78 Å². The van der Waals surface area contributed by atoms with Crippen molar-refractivity contribution in [2.24, 2.45) is 0 Å². The third-order valence-corrected chi connectivity index (χ3v) is 3.48. The molecule has 0 atom stereocenters. The Morgan fingerprint density at radius 1 is 1.14 bits per heavy atom. The molecule has 0 spiro atoms. The molecule has 1 heterocycles. The Balaban J connectivity index is 2.27. The molecule has 0 radical (unpaired) electrons. The highest BCUT2D eigenvalue weighted by Crippen LogP contribution is 2.37. The molecule has 8 heteroatoms. The molecule has 22 heavy (non-hydrogen) atoms. The molecule has 1 aromatic carbocycles. The van der Waals surface area contributed by atoms with Gasteiger partial charge in [0.2, 0.25) is 0 Å². The van der Waals surface area contributed by atoms with Gasteiger partial charge in [-0.15, -0.1) is 0 Å². The lowest BCUT2D eigenvalue weighted by Crippen LogP contribution is -2.16. The van der Waals surface area contributed by atoms with Crippen LogP contribution in [0.15, 0.2) is 18.2 Å². The third-order valence-electron chi connectivity index (χ3n) is 3.48. The largest absolute Gasteiger partial charge is 0.435 e. The Morgan fingerprint density at radius 3 is 2.50 bits per heavy atom. The summed E-state index contributed by atoms with van der Waals surface area (Å²) in [5.74, 6) is -2.56. The Hall–Kier alpha value is -2.25. The summed E-state index contributed by atoms with van der Waals surface area (Å²) < 4.78 is 66.7. The standard InChI is InChI=1S/C14H9F5N2O/c15-7-4-5-9(8(16)6-7)21-10-2-1-3-11(22)12(10)13(20-21)14(17,18)19/h4-6H,1-3H2. The van der Waals surface area contributed by atoms with Crippen LogP contribution in [0.4, 0.5) is 22.0 Å². The van der Waals surface area contributed by atoms with Crippen LogP contribution in [-0.2, 0) is 12.6 Å². The Labute approximate surface area is 121 Å². The molecule has 0 saturated heterocycles. The lowest BCUT2D eigenvalue weighted by atomic mass is 9.94. The molecule has 3 nitrogen and oxygen atoms in total. The number of Topliss-reactive ketones (excluding diaryl/α,β-unsaturated/α-hetero) is 1. The quantitative estimate of drug-likeness (QED) is 0.752. The number of benzene rings is 1. The normalized spacial score (nSPS) is 15.0. The number of rotatable bonds is 1. The molecule has 0 bridgehead atoms. The maximum absolute atomic E-state index is 13.8. The van der Waals surface area contributed by atoms with E-state index >= 15 is 0 Å². The van der Waals surface area contributed by atoms with Crippen LogP contribution >= 0.6 is 0 Å². The van der Waals surface area contributed by atoms with Gasteiger partial charge in [0, 0.05) is 12.5 Å². The lowest BCUT2D eigenvalue weighted by Gasteiger charge is -2.14. The summed E-state index contributed by atoms with van der Waals surface area (Å²) in [6.45, 7) is 0. The van der Waals surface area contributed by atoms with E-state index in [0.717, 1.165) is 16.8 Å². The number of ketones is 1. The fourth-order valence-electron chi connectivity index (χ4n) is 2.57. The van der Waals surface area contributed by atoms with Crippen molar-refractivity contribution < 1.29 is 26.7 Å². The first-order valence-electron chi connectivity index (χ1n) is 6.46. The molecule has 1 aliphatic carbocycles. The van der Waals surface area contributed by atoms with Gasteiger partial charge in [0.1, 0.15) is 11.5 Å².